The van der Waals surface area contributed by atoms with Gasteiger partial charge in [0.2, 0.25) is 22.9 Å². The maximum Gasteiger partial charge on any atom is 0.223 e. The van der Waals surface area contributed by atoms with E-state index >= 15 is 0 Å². The van der Waals surface area contributed by atoms with Gasteiger partial charge in [0.1, 0.15) is 9.49 Å². The minimum Gasteiger partial charge on any atom is -0.397 e. The summed E-state index contributed by atoms with van der Waals surface area (Å²) in [6.07, 6.45) is -0.617. The molecule has 12 nitrogen and oxygen atoms in total. The summed E-state index contributed by atoms with van der Waals surface area (Å²) in [5.41, 5.74) is 22.6. The first-order valence-electron chi connectivity index (χ1n) is 15.2. The summed E-state index contributed by atoms with van der Waals surface area (Å²) in [5, 5.41) is 19.8. The Morgan fingerprint density at radius 3 is 1.24 bits per heavy atom. The van der Waals surface area contributed by atoms with Gasteiger partial charge in [0, 0.05) is 53.0 Å². The number of fused-ring (bicyclic) bond motifs is 2. The summed E-state index contributed by atoms with van der Waals surface area (Å²) in [6.45, 7) is 0. The second kappa shape index (κ2) is 12.8. The van der Waals surface area contributed by atoms with Gasteiger partial charge in [0.25, 0.3) is 0 Å². The monoisotopic (exact) mass is 966 g/mol. The number of nitrogens with two attached hydrogens (primary N) is 4. The molecule has 0 bridgehead atoms. The molecule has 2 unspecified atom stereocenters. The van der Waals surface area contributed by atoms with Crippen molar-refractivity contribution in [1.29, 1.82) is 11.0 Å². The van der Waals surface area contributed by atoms with E-state index in [9.17, 15) is 16.8 Å². The Morgan fingerprint density at radius 2 is 0.940 bits per heavy atom. The average molecular weight is 970 g/mol. The van der Waals surface area contributed by atoms with Gasteiger partial charge in [-0.05, 0) is 46.5 Å². The smallest absolute Gasteiger partial charge is 0.223 e. The number of primary sulfonamides is 2. The quantitative estimate of drug-likeness (QED) is 0.102. The lowest BCUT2D eigenvalue weighted by Crippen LogP contribution is -2.45. The largest absolute Gasteiger partial charge is 0.397 e. The van der Waals surface area contributed by atoms with Gasteiger partial charge in [-0.1, -0.05) is 112 Å². The molecule has 2 aliphatic rings. The van der Waals surface area contributed by atoms with Gasteiger partial charge in [-0.3, -0.25) is 0 Å². The molecule has 258 valence electrons. The zero-order valence-electron chi connectivity index (χ0n) is 27.4. The summed E-state index contributed by atoms with van der Waals surface area (Å²) in [4.78, 5) is 0. The number of nitrogens with zero attached hydrogens (tertiary/aromatic N) is 2. The summed E-state index contributed by atoms with van der Waals surface area (Å²) >= 11 is 14.5. The number of benzene rings is 4. The molecule has 4 aromatic rings. The van der Waals surface area contributed by atoms with E-state index < -0.39 is 29.5 Å². The molecular formula is C32H26Br4N8O4S2. The Hall–Kier alpha value is -3.10. The van der Waals surface area contributed by atoms with E-state index in [0.29, 0.717) is 51.3 Å². The van der Waals surface area contributed by atoms with Crippen molar-refractivity contribution in [3.63, 3.8) is 0 Å². The van der Waals surface area contributed by atoms with Crippen LogP contribution in [0, 0.1) is 11.0 Å². The molecule has 0 amide bonds. The number of allylic oxidation sites excluding steroid dienone is 2. The van der Waals surface area contributed by atoms with Gasteiger partial charge in [-0.25, -0.2) is 38.2 Å². The fourth-order valence-electron chi connectivity index (χ4n) is 6.97. The van der Waals surface area contributed by atoms with Gasteiger partial charge in [-0.2, -0.15) is 10.2 Å². The minimum absolute atomic E-state index is 0.0751. The van der Waals surface area contributed by atoms with Crippen LogP contribution in [0.25, 0.3) is 22.5 Å². The van der Waals surface area contributed by atoms with E-state index in [1.807, 2.05) is 0 Å². The van der Waals surface area contributed by atoms with Crippen molar-refractivity contribution in [2.75, 3.05) is 0 Å². The predicted octanol–water partition coefficient (Wildman–Crippen LogP) is 7.59. The van der Waals surface area contributed by atoms with Crippen LogP contribution in [-0.4, -0.2) is 16.8 Å². The van der Waals surface area contributed by atoms with E-state index in [4.69, 9.17) is 24.6 Å². The zero-order valence-corrected chi connectivity index (χ0v) is 33.4. The molecule has 0 fully saturated rings. The first kappa shape index (κ1) is 34.0. The molecule has 0 aliphatic heterocycles. The molecule has 10 N–H and O–H groups in total. The topological polar surface area (TPSA) is 245 Å². The van der Waals surface area contributed by atoms with Crippen LogP contribution >= 0.6 is 63.7 Å². The van der Waals surface area contributed by atoms with Crippen LogP contribution in [0.1, 0.15) is 46.2 Å². The zero-order chi connectivity index (χ0) is 38.0. The summed E-state index contributed by atoms with van der Waals surface area (Å²) < 4.78 is 67.5. The highest BCUT2D eigenvalue weighted by atomic mass is 79.9. The van der Waals surface area contributed by atoms with Gasteiger partial charge in [0.15, 0.2) is 0 Å². The van der Waals surface area contributed by atoms with Crippen LogP contribution in [0.3, 0.4) is 0 Å². The number of hydrogen-bond donors (Lipinski definition) is 6. The Labute approximate surface area is 324 Å². The number of rotatable bonds is 7. The molecule has 0 aromatic heterocycles. The maximum absolute atomic E-state index is 13.8. The summed E-state index contributed by atoms with van der Waals surface area (Å²) in [7, 11) is -8.95. The third kappa shape index (κ3) is 5.37. The molecule has 0 saturated carbocycles. The van der Waals surface area contributed by atoms with Crippen LogP contribution in [0.4, 0.5) is 0 Å². The number of sulfonamides is 2. The molecule has 0 heterocycles. The van der Waals surface area contributed by atoms with E-state index in [2.05, 4.69) is 85.0 Å². The van der Waals surface area contributed by atoms with Crippen LogP contribution in [0.5, 0.6) is 0 Å². The van der Waals surface area contributed by atoms with Crippen LogP contribution in [0.15, 0.2) is 112 Å². The molecule has 4 aromatic carbocycles. The van der Waals surface area contributed by atoms with E-state index in [1.54, 1.807) is 72.8 Å². The highest BCUT2D eigenvalue weighted by Crippen LogP contribution is 2.55. The van der Waals surface area contributed by atoms with Crippen molar-refractivity contribution >= 4 is 95.2 Å². The molecule has 2 atom stereocenters. The standard InChI is InChI=1S/C32H26Br4N8O4S2/c33-21-9-15(10-22(34)27(21)31(49(41,45)46)13-25(43-39)29(37)17-5-1-3-7-19(17)31)16-11-23(35)28(24(36)12-16)32(50(42,47)48)14-26(44-40)30(38)18-6-2-4-8-20(18)32/h1-12,39-40H,13-14,37-38H2,(H2,41,45,46)(H2,42,47,48)/b43-39+,44-40+. The van der Waals surface area contributed by atoms with Crippen molar-refractivity contribution in [1.82, 2.24) is 0 Å². The lowest BCUT2D eigenvalue weighted by molar-refractivity contribution is 0.543. The minimum atomic E-state index is -4.48. The average Bonchev–Trinajstić information content (AvgIpc) is 3.07. The second-order valence-electron chi connectivity index (χ2n) is 11.7. The Morgan fingerprint density at radius 1 is 0.620 bits per heavy atom. The van der Waals surface area contributed by atoms with Crippen molar-refractivity contribution in [2.24, 2.45) is 32.0 Å². The fraction of sp³-hybridized carbons (Fsp3) is 0.125. The van der Waals surface area contributed by atoms with Gasteiger partial charge < -0.3 is 11.5 Å². The molecule has 0 radical (unpaired) electrons. The highest BCUT2D eigenvalue weighted by molar-refractivity contribution is 9.11. The van der Waals surface area contributed by atoms with Gasteiger partial charge in [-0.15, -0.1) is 0 Å². The summed E-state index contributed by atoms with van der Waals surface area (Å²) in [6, 6.07) is 20.1. The van der Waals surface area contributed by atoms with Crippen molar-refractivity contribution in [3.8, 4) is 11.1 Å². The second-order valence-corrected chi connectivity index (χ2v) is 18.7. The molecule has 0 spiro atoms. The van der Waals surface area contributed by atoms with E-state index in [-0.39, 0.29) is 46.8 Å². The van der Waals surface area contributed by atoms with Crippen LogP contribution < -0.4 is 21.7 Å². The first-order valence-corrected chi connectivity index (χ1v) is 20.6. The normalized spacial score (nSPS) is 21.7. The predicted molar refractivity (Wildman–Crippen MR) is 205 cm³/mol. The lowest BCUT2D eigenvalue weighted by atomic mass is 9.78. The Kier molecular flexibility index (Phi) is 8.73. The van der Waals surface area contributed by atoms with Gasteiger partial charge in [0.05, 0.1) is 22.8 Å². The SMILES string of the molecule is [H]/N=N/C1=C(N)c2ccccc2C(c2c(Br)cc(-c3cc(Br)c(C4(S(N)(=O)=O)CC(/N=N/[H])=C(N)c5ccccc54)c(Br)c3)cc2Br)(S(N)(=O)=O)C1. The fourth-order valence-corrected chi connectivity index (χ4v) is 13.9. The maximum atomic E-state index is 13.8. The van der Waals surface area contributed by atoms with E-state index in [1.165, 1.54) is 0 Å². The molecule has 6 rings (SSSR count). The summed E-state index contributed by atoms with van der Waals surface area (Å²) in [5.74, 6) is 0. The molecule has 50 heavy (non-hydrogen) atoms. The highest BCUT2D eigenvalue weighted by Gasteiger charge is 2.53. The van der Waals surface area contributed by atoms with Gasteiger partial charge >= 0.3 is 0 Å². The molecule has 0 saturated heterocycles. The molecule has 18 heteroatoms. The van der Waals surface area contributed by atoms with Crippen LogP contribution in [0.2, 0.25) is 2.82 Å². The third-order valence-electron chi connectivity index (χ3n) is 9.20. The van der Waals surface area contributed by atoms with E-state index in [0.717, 1.165) is 0 Å². The Bertz CT molecular complexity index is 2330. The molecule has 2 aliphatic carbocycles. The lowest BCUT2D eigenvalue weighted by Gasteiger charge is -2.39. The number of hydrogen-bond acceptors (Lipinski definition) is 10. The molecular weight excluding hydrogens is 944 g/mol. The third-order valence-corrected chi connectivity index (χ3v) is 14.8. The van der Waals surface area contributed by atoms with Crippen molar-refractivity contribution in [3.05, 3.63) is 135 Å². The first-order chi connectivity index (χ1) is 24.4. The van der Waals surface area contributed by atoms with Crippen LogP contribution in [-0.2, 0) is 29.5 Å². The number of nitrogens with one attached hydrogen (secondary N) is 2. The van der Waals surface area contributed by atoms with Crippen molar-refractivity contribution < 1.29 is 19.7 Å². The van der Waals surface area contributed by atoms with Crippen molar-refractivity contribution in [2.45, 2.75) is 22.3 Å². The number of halogens is 4. The Balaban J connectivity index is 1.57.